The lowest BCUT2D eigenvalue weighted by Gasteiger charge is -2.11. The van der Waals surface area contributed by atoms with Gasteiger partial charge in [-0.3, -0.25) is 0 Å². The number of rotatable bonds is 2. The van der Waals surface area contributed by atoms with E-state index in [1.807, 2.05) is 6.07 Å². The van der Waals surface area contributed by atoms with Gasteiger partial charge in [0.15, 0.2) is 5.11 Å². The Morgan fingerprint density at radius 3 is 2.35 bits per heavy atom. The van der Waals surface area contributed by atoms with Crippen LogP contribution in [-0.4, -0.2) is 5.11 Å². The first-order chi connectivity index (χ1) is 9.70. The maximum atomic E-state index is 12.8. The Kier molecular flexibility index (Phi) is 3.65. The lowest BCUT2D eigenvalue weighted by Crippen LogP contribution is -2.19. The van der Waals surface area contributed by atoms with Crippen molar-refractivity contribution in [3.05, 3.63) is 59.4 Å². The molecule has 0 aromatic heterocycles. The van der Waals surface area contributed by atoms with Crippen molar-refractivity contribution < 1.29 is 4.39 Å². The predicted molar refractivity (Wildman–Crippen MR) is 84.7 cm³/mol. The van der Waals surface area contributed by atoms with E-state index in [4.69, 9.17) is 12.2 Å². The fourth-order valence-corrected chi connectivity index (χ4v) is 2.71. The maximum absolute atomic E-state index is 12.8. The summed E-state index contributed by atoms with van der Waals surface area (Å²) >= 11 is 5.26. The molecule has 2 aromatic rings. The second kappa shape index (κ2) is 5.59. The molecule has 20 heavy (non-hydrogen) atoms. The van der Waals surface area contributed by atoms with Crippen LogP contribution in [0.25, 0.3) is 0 Å². The van der Waals surface area contributed by atoms with Gasteiger partial charge in [0.2, 0.25) is 0 Å². The zero-order chi connectivity index (χ0) is 13.9. The van der Waals surface area contributed by atoms with Crippen LogP contribution in [0.1, 0.15) is 17.5 Å². The Balaban J connectivity index is 1.65. The van der Waals surface area contributed by atoms with Gasteiger partial charge in [0.25, 0.3) is 0 Å². The van der Waals surface area contributed by atoms with E-state index in [1.54, 1.807) is 12.1 Å². The SMILES string of the molecule is Fc1ccc(NC(=S)Nc2ccc3c(c2)CCC3)cc1. The molecule has 4 heteroatoms. The summed E-state index contributed by atoms with van der Waals surface area (Å²) in [6.07, 6.45) is 3.55. The second-order valence-electron chi connectivity index (χ2n) is 4.92. The van der Waals surface area contributed by atoms with Crippen LogP contribution in [-0.2, 0) is 12.8 Å². The molecule has 2 N–H and O–H groups in total. The number of nitrogens with one attached hydrogen (secondary N) is 2. The molecule has 0 amide bonds. The molecule has 0 radical (unpaired) electrons. The number of aryl methyl sites for hydroxylation is 2. The molecule has 2 nitrogen and oxygen atoms in total. The van der Waals surface area contributed by atoms with Gasteiger partial charge in [-0.2, -0.15) is 0 Å². The molecular weight excluding hydrogens is 271 g/mol. The number of anilines is 2. The second-order valence-corrected chi connectivity index (χ2v) is 5.33. The van der Waals surface area contributed by atoms with E-state index in [2.05, 4.69) is 22.8 Å². The molecule has 1 aliphatic rings. The monoisotopic (exact) mass is 286 g/mol. The smallest absolute Gasteiger partial charge is 0.175 e. The standard InChI is InChI=1S/C16H15FN2S/c17-13-5-8-14(9-6-13)18-16(20)19-15-7-4-11-2-1-3-12(11)10-15/h4-10H,1-3H2,(H2,18,19,20). The summed E-state index contributed by atoms with van der Waals surface area (Å²) in [6, 6.07) is 12.5. The number of halogens is 1. The highest BCUT2D eigenvalue weighted by molar-refractivity contribution is 7.80. The molecule has 0 atom stereocenters. The van der Waals surface area contributed by atoms with Crippen LogP contribution in [0.3, 0.4) is 0 Å². The Hall–Kier alpha value is -1.94. The number of thiocarbonyl (C=S) groups is 1. The lowest BCUT2D eigenvalue weighted by atomic mass is 10.1. The molecule has 0 heterocycles. The summed E-state index contributed by atoms with van der Waals surface area (Å²) in [6.45, 7) is 0. The normalized spacial score (nSPS) is 12.8. The van der Waals surface area contributed by atoms with Crippen LogP contribution in [0.5, 0.6) is 0 Å². The number of fused-ring (bicyclic) bond motifs is 1. The van der Waals surface area contributed by atoms with Gasteiger partial charge in [0.1, 0.15) is 5.82 Å². The lowest BCUT2D eigenvalue weighted by molar-refractivity contribution is 0.628. The van der Waals surface area contributed by atoms with E-state index in [1.165, 1.54) is 36.1 Å². The largest absolute Gasteiger partial charge is 0.332 e. The Morgan fingerprint density at radius 1 is 0.900 bits per heavy atom. The fourth-order valence-electron chi connectivity index (χ4n) is 2.48. The third-order valence-corrected chi connectivity index (χ3v) is 3.66. The Bertz CT molecular complexity index is 637. The summed E-state index contributed by atoms with van der Waals surface area (Å²) in [5.41, 5.74) is 4.60. The Labute approximate surface area is 123 Å². The average molecular weight is 286 g/mol. The van der Waals surface area contributed by atoms with Gasteiger partial charge >= 0.3 is 0 Å². The molecule has 0 saturated heterocycles. The first-order valence-electron chi connectivity index (χ1n) is 6.66. The van der Waals surface area contributed by atoms with Gasteiger partial charge in [-0.15, -0.1) is 0 Å². The zero-order valence-corrected chi connectivity index (χ0v) is 11.8. The van der Waals surface area contributed by atoms with Crippen LogP contribution in [0.4, 0.5) is 15.8 Å². The van der Waals surface area contributed by atoms with Crippen LogP contribution in [0.2, 0.25) is 0 Å². The highest BCUT2D eigenvalue weighted by atomic mass is 32.1. The van der Waals surface area contributed by atoms with E-state index in [0.717, 1.165) is 17.8 Å². The van der Waals surface area contributed by atoms with Crippen molar-refractivity contribution in [3.63, 3.8) is 0 Å². The Morgan fingerprint density at radius 2 is 1.55 bits per heavy atom. The van der Waals surface area contributed by atoms with E-state index in [-0.39, 0.29) is 5.82 Å². The summed E-state index contributed by atoms with van der Waals surface area (Å²) in [4.78, 5) is 0. The summed E-state index contributed by atoms with van der Waals surface area (Å²) in [5, 5.41) is 6.71. The van der Waals surface area contributed by atoms with Crippen molar-refractivity contribution in [2.75, 3.05) is 10.6 Å². The molecule has 3 rings (SSSR count). The van der Waals surface area contributed by atoms with Gasteiger partial charge < -0.3 is 10.6 Å². The first kappa shape index (κ1) is 13.1. The molecule has 0 aliphatic heterocycles. The van der Waals surface area contributed by atoms with Crippen LogP contribution < -0.4 is 10.6 Å². The van der Waals surface area contributed by atoms with Gasteiger partial charge in [-0.05, 0) is 79.0 Å². The maximum Gasteiger partial charge on any atom is 0.175 e. The van der Waals surface area contributed by atoms with Crippen molar-refractivity contribution >= 4 is 28.7 Å². The summed E-state index contributed by atoms with van der Waals surface area (Å²) in [5.74, 6) is -0.256. The molecule has 102 valence electrons. The molecule has 0 fully saturated rings. The van der Waals surface area contributed by atoms with E-state index >= 15 is 0 Å². The predicted octanol–water partition coefficient (Wildman–Crippen LogP) is 4.12. The van der Waals surface area contributed by atoms with Crippen molar-refractivity contribution in [1.82, 2.24) is 0 Å². The van der Waals surface area contributed by atoms with Crippen LogP contribution >= 0.6 is 12.2 Å². The van der Waals surface area contributed by atoms with Crippen molar-refractivity contribution in [3.8, 4) is 0 Å². The molecule has 0 saturated carbocycles. The fraction of sp³-hybridized carbons (Fsp3) is 0.188. The van der Waals surface area contributed by atoms with E-state index in [0.29, 0.717) is 5.11 Å². The molecule has 0 spiro atoms. The van der Waals surface area contributed by atoms with Crippen molar-refractivity contribution in [1.29, 1.82) is 0 Å². The van der Waals surface area contributed by atoms with Gasteiger partial charge in [0.05, 0.1) is 0 Å². The van der Waals surface area contributed by atoms with E-state index in [9.17, 15) is 4.39 Å². The third kappa shape index (κ3) is 2.96. The van der Waals surface area contributed by atoms with Crippen LogP contribution in [0, 0.1) is 5.82 Å². The average Bonchev–Trinajstić information content (AvgIpc) is 2.89. The minimum absolute atomic E-state index is 0.256. The number of hydrogen-bond donors (Lipinski definition) is 2. The molecule has 0 bridgehead atoms. The highest BCUT2D eigenvalue weighted by Crippen LogP contribution is 2.25. The van der Waals surface area contributed by atoms with E-state index < -0.39 is 0 Å². The topological polar surface area (TPSA) is 24.1 Å². The molecule has 1 aliphatic carbocycles. The minimum atomic E-state index is -0.256. The van der Waals surface area contributed by atoms with Crippen molar-refractivity contribution in [2.45, 2.75) is 19.3 Å². The first-order valence-corrected chi connectivity index (χ1v) is 7.07. The molecule has 0 unspecified atom stereocenters. The third-order valence-electron chi connectivity index (χ3n) is 3.46. The van der Waals surface area contributed by atoms with Gasteiger partial charge in [-0.25, -0.2) is 4.39 Å². The zero-order valence-electron chi connectivity index (χ0n) is 10.9. The van der Waals surface area contributed by atoms with Crippen LogP contribution in [0.15, 0.2) is 42.5 Å². The highest BCUT2D eigenvalue weighted by Gasteiger charge is 2.11. The minimum Gasteiger partial charge on any atom is -0.332 e. The van der Waals surface area contributed by atoms with Crippen molar-refractivity contribution in [2.24, 2.45) is 0 Å². The molecule has 2 aromatic carbocycles. The number of hydrogen-bond acceptors (Lipinski definition) is 1. The number of benzene rings is 2. The van der Waals surface area contributed by atoms with Gasteiger partial charge in [-0.1, -0.05) is 6.07 Å². The summed E-state index contributed by atoms with van der Waals surface area (Å²) in [7, 11) is 0. The quantitative estimate of drug-likeness (QED) is 0.812. The molecular formula is C16H15FN2S. The van der Waals surface area contributed by atoms with Gasteiger partial charge in [0, 0.05) is 11.4 Å². The summed E-state index contributed by atoms with van der Waals surface area (Å²) < 4.78 is 12.8.